The SMILES string of the molecule is O=C(N/N=C\c1cc(Br)ccc1OC(=O)c1ccc(Br)cc1)c1ccc(NC(=O)c2ccc(Cl)cc2)cc1. The fourth-order valence-electron chi connectivity index (χ4n) is 3.19. The van der Waals surface area contributed by atoms with E-state index in [0.717, 1.165) is 8.95 Å². The first-order valence-corrected chi connectivity index (χ1v) is 13.0. The second-order valence-electron chi connectivity index (χ2n) is 7.82. The van der Waals surface area contributed by atoms with E-state index in [2.05, 4.69) is 47.7 Å². The molecule has 10 heteroatoms. The van der Waals surface area contributed by atoms with Gasteiger partial charge in [0.15, 0.2) is 0 Å². The molecule has 7 nitrogen and oxygen atoms in total. The third-order valence-electron chi connectivity index (χ3n) is 5.14. The smallest absolute Gasteiger partial charge is 0.343 e. The molecule has 0 spiro atoms. The number of carbonyl (C=O) groups is 3. The van der Waals surface area contributed by atoms with Gasteiger partial charge in [-0.3, -0.25) is 9.59 Å². The Morgan fingerprint density at radius 2 is 1.32 bits per heavy atom. The zero-order chi connectivity index (χ0) is 27.1. The molecule has 0 aliphatic carbocycles. The van der Waals surface area contributed by atoms with Gasteiger partial charge in [0.05, 0.1) is 11.8 Å². The minimum Gasteiger partial charge on any atom is -0.422 e. The van der Waals surface area contributed by atoms with Crippen molar-refractivity contribution in [1.82, 2.24) is 5.43 Å². The summed E-state index contributed by atoms with van der Waals surface area (Å²) in [5.74, 6) is -1.00. The first-order valence-electron chi connectivity index (χ1n) is 11.1. The third kappa shape index (κ3) is 7.38. The van der Waals surface area contributed by atoms with Crippen molar-refractivity contribution in [2.75, 3.05) is 5.32 Å². The van der Waals surface area contributed by atoms with Crippen molar-refractivity contribution >= 4 is 73.1 Å². The van der Waals surface area contributed by atoms with Crippen molar-refractivity contribution in [3.8, 4) is 5.75 Å². The topological polar surface area (TPSA) is 96.9 Å². The summed E-state index contributed by atoms with van der Waals surface area (Å²) >= 11 is 12.6. The summed E-state index contributed by atoms with van der Waals surface area (Å²) in [7, 11) is 0. The maximum Gasteiger partial charge on any atom is 0.343 e. The van der Waals surface area contributed by atoms with Crippen molar-refractivity contribution in [3.05, 3.63) is 127 Å². The van der Waals surface area contributed by atoms with E-state index < -0.39 is 11.9 Å². The van der Waals surface area contributed by atoms with Crippen LogP contribution >= 0.6 is 43.5 Å². The third-order valence-corrected chi connectivity index (χ3v) is 6.41. The number of hydrazone groups is 1. The molecule has 0 saturated carbocycles. The summed E-state index contributed by atoms with van der Waals surface area (Å²) in [6.45, 7) is 0. The number of carbonyl (C=O) groups excluding carboxylic acids is 3. The number of halogens is 3. The molecule has 0 atom stereocenters. The number of ether oxygens (including phenoxy) is 1. The molecular weight excluding hydrogens is 638 g/mol. The van der Waals surface area contributed by atoms with Crippen molar-refractivity contribution in [3.63, 3.8) is 0 Å². The predicted molar refractivity (Wildman–Crippen MR) is 154 cm³/mol. The van der Waals surface area contributed by atoms with Crippen LogP contribution in [0.2, 0.25) is 5.02 Å². The van der Waals surface area contributed by atoms with E-state index in [0.29, 0.717) is 33.0 Å². The molecule has 0 unspecified atom stereocenters. The number of benzene rings is 4. The van der Waals surface area contributed by atoms with Crippen molar-refractivity contribution in [2.45, 2.75) is 0 Å². The van der Waals surface area contributed by atoms with Crippen LogP contribution < -0.4 is 15.5 Å². The van der Waals surface area contributed by atoms with Crippen molar-refractivity contribution in [1.29, 1.82) is 0 Å². The van der Waals surface area contributed by atoms with Gasteiger partial charge in [0.2, 0.25) is 0 Å². The number of nitrogens with zero attached hydrogens (tertiary/aromatic N) is 1. The first kappa shape index (κ1) is 27.3. The lowest BCUT2D eigenvalue weighted by atomic mass is 10.1. The van der Waals surface area contributed by atoms with Crippen LogP contribution in [0, 0.1) is 0 Å². The Morgan fingerprint density at radius 3 is 2.00 bits per heavy atom. The van der Waals surface area contributed by atoms with Crippen LogP contribution in [-0.4, -0.2) is 24.0 Å². The second-order valence-corrected chi connectivity index (χ2v) is 10.1. The molecule has 4 aromatic carbocycles. The number of anilines is 1. The van der Waals surface area contributed by atoms with E-state index in [4.69, 9.17) is 16.3 Å². The summed E-state index contributed by atoms with van der Waals surface area (Å²) < 4.78 is 7.12. The standard InChI is InChI=1S/C28H18Br2ClN3O4/c29-21-7-1-19(2-8-21)28(37)38-25-14-9-22(30)15-20(25)16-32-34-27(36)18-5-12-24(13-6-18)33-26(35)17-3-10-23(31)11-4-17/h1-16H,(H,33,35)(H,34,36)/b32-16-. The summed E-state index contributed by atoms with van der Waals surface area (Å²) in [6, 6.07) is 24.7. The van der Waals surface area contributed by atoms with Gasteiger partial charge in [0.1, 0.15) is 5.75 Å². The van der Waals surface area contributed by atoms with Gasteiger partial charge in [0.25, 0.3) is 11.8 Å². The van der Waals surface area contributed by atoms with Crippen LogP contribution in [0.3, 0.4) is 0 Å². The molecule has 0 aliphatic rings. The van der Waals surface area contributed by atoms with Crippen LogP contribution in [0.5, 0.6) is 5.75 Å². The quantitative estimate of drug-likeness (QED) is 0.0961. The monoisotopic (exact) mass is 653 g/mol. The van der Waals surface area contributed by atoms with Gasteiger partial charge < -0.3 is 10.1 Å². The molecule has 0 bridgehead atoms. The highest BCUT2D eigenvalue weighted by Crippen LogP contribution is 2.23. The molecule has 2 N–H and O–H groups in total. The molecule has 0 aliphatic heterocycles. The number of hydrogen-bond acceptors (Lipinski definition) is 5. The molecule has 38 heavy (non-hydrogen) atoms. The zero-order valence-corrected chi connectivity index (χ0v) is 23.4. The molecule has 0 aromatic heterocycles. The van der Waals surface area contributed by atoms with Crippen LogP contribution in [0.15, 0.2) is 105 Å². The highest BCUT2D eigenvalue weighted by Gasteiger charge is 2.12. The molecule has 0 radical (unpaired) electrons. The lowest BCUT2D eigenvalue weighted by Gasteiger charge is -2.08. The van der Waals surface area contributed by atoms with Crippen LogP contribution in [0.25, 0.3) is 0 Å². The zero-order valence-electron chi connectivity index (χ0n) is 19.5. The second kappa shape index (κ2) is 12.6. The Bertz CT molecular complexity index is 1510. The number of rotatable bonds is 7. The number of nitrogens with one attached hydrogen (secondary N) is 2. The number of hydrogen-bond donors (Lipinski definition) is 2. The van der Waals surface area contributed by atoms with E-state index in [1.807, 2.05) is 0 Å². The predicted octanol–water partition coefficient (Wildman–Crippen LogP) is 7.10. The maximum absolute atomic E-state index is 12.5. The molecule has 4 aromatic rings. The Balaban J connectivity index is 1.38. The molecule has 2 amide bonds. The summed E-state index contributed by atoms with van der Waals surface area (Å²) in [6.07, 6.45) is 1.38. The van der Waals surface area contributed by atoms with Gasteiger partial charge in [-0.15, -0.1) is 0 Å². The lowest BCUT2D eigenvalue weighted by Crippen LogP contribution is -2.18. The highest BCUT2D eigenvalue weighted by atomic mass is 79.9. The minimum absolute atomic E-state index is 0.278. The van der Waals surface area contributed by atoms with Crippen LogP contribution in [-0.2, 0) is 0 Å². The average molecular weight is 656 g/mol. The van der Waals surface area contributed by atoms with Gasteiger partial charge in [-0.2, -0.15) is 5.10 Å². The molecule has 0 saturated heterocycles. The lowest BCUT2D eigenvalue weighted by molar-refractivity contribution is 0.0733. The molecule has 0 heterocycles. The Hall–Kier alpha value is -3.79. The van der Waals surface area contributed by atoms with Crippen molar-refractivity contribution < 1.29 is 19.1 Å². The summed E-state index contributed by atoms with van der Waals surface area (Å²) in [4.78, 5) is 37.4. The van der Waals surface area contributed by atoms with E-state index in [1.165, 1.54) is 6.21 Å². The highest BCUT2D eigenvalue weighted by molar-refractivity contribution is 9.10. The Kier molecular flexibility index (Phi) is 9.06. The van der Waals surface area contributed by atoms with Gasteiger partial charge in [0, 0.05) is 36.3 Å². The average Bonchev–Trinajstić information content (AvgIpc) is 2.91. The normalized spacial score (nSPS) is 10.7. The largest absolute Gasteiger partial charge is 0.422 e. The van der Waals surface area contributed by atoms with Gasteiger partial charge >= 0.3 is 5.97 Å². The summed E-state index contributed by atoms with van der Waals surface area (Å²) in [5.41, 5.74) is 4.63. The fourth-order valence-corrected chi connectivity index (χ4v) is 3.96. The van der Waals surface area contributed by atoms with Gasteiger partial charge in [-0.25, -0.2) is 10.2 Å². The molecule has 190 valence electrons. The first-order chi connectivity index (χ1) is 18.3. The fraction of sp³-hybridized carbons (Fsp3) is 0. The van der Waals surface area contributed by atoms with Gasteiger partial charge in [-0.05, 0) is 91.0 Å². The maximum atomic E-state index is 12.5. The van der Waals surface area contributed by atoms with Crippen LogP contribution in [0.1, 0.15) is 36.6 Å². The molecular formula is C28H18Br2ClN3O4. The van der Waals surface area contributed by atoms with E-state index in [1.54, 1.807) is 91.0 Å². The number of amides is 2. The number of esters is 1. The van der Waals surface area contributed by atoms with E-state index in [-0.39, 0.29) is 11.7 Å². The Labute approximate surface area is 240 Å². The van der Waals surface area contributed by atoms with E-state index in [9.17, 15) is 14.4 Å². The Morgan fingerprint density at radius 1 is 0.737 bits per heavy atom. The van der Waals surface area contributed by atoms with Crippen molar-refractivity contribution in [2.24, 2.45) is 5.10 Å². The summed E-state index contributed by atoms with van der Waals surface area (Å²) in [5, 5.41) is 7.30. The van der Waals surface area contributed by atoms with E-state index >= 15 is 0 Å². The van der Waals surface area contributed by atoms with Crippen LogP contribution in [0.4, 0.5) is 5.69 Å². The molecule has 4 rings (SSSR count). The molecule has 0 fully saturated rings. The van der Waals surface area contributed by atoms with Gasteiger partial charge in [-0.1, -0.05) is 43.5 Å². The minimum atomic E-state index is -0.526.